The largest absolute Gasteiger partial charge is 0.487 e. The molecule has 0 amide bonds. The second-order valence-corrected chi connectivity index (χ2v) is 6.55. The number of benzene rings is 1. The molecule has 0 radical (unpaired) electrons. The zero-order valence-corrected chi connectivity index (χ0v) is 15.0. The molecule has 1 aliphatic rings. The number of nitrogens with one attached hydrogen (secondary N) is 1. The van der Waals surface area contributed by atoms with Gasteiger partial charge in [-0.3, -0.25) is 9.80 Å². The lowest BCUT2D eigenvalue weighted by molar-refractivity contribution is 0.0000741. The molecule has 1 atom stereocenters. The van der Waals surface area contributed by atoms with Gasteiger partial charge in [0.1, 0.15) is 19.7 Å². The molecule has 1 heterocycles. The fourth-order valence-corrected chi connectivity index (χ4v) is 3.04. The van der Waals surface area contributed by atoms with E-state index in [4.69, 9.17) is 10.5 Å². The fourth-order valence-electron chi connectivity index (χ4n) is 3.04. The lowest BCUT2D eigenvalue weighted by Crippen LogP contribution is -2.60. The van der Waals surface area contributed by atoms with Crippen LogP contribution in [0.5, 0.6) is 5.75 Å². The molecule has 0 aliphatic carbocycles. The normalized spacial score (nSPS) is 17.3. The summed E-state index contributed by atoms with van der Waals surface area (Å²) in [5, 5.41) is 3.31. The van der Waals surface area contributed by atoms with Crippen molar-refractivity contribution in [1.82, 2.24) is 15.1 Å². The molecule has 1 fully saturated rings. The number of aryl methyl sites for hydroxylation is 2. The van der Waals surface area contributed by atoms with E-state index in [-0.39, 0.29) is 6.17 Å². The number of nitrogens with zero attached hydrogens (tertiary/aromatic N) is 2. The minimum atomic E-state index is 0.288. The highest BCUT2D eigenvalue weighted by molar-refractivity contribution is 6.08. The molecule has 0 spiro atoms. The Hall–Kier alpha value is -1.08. The van der Waals surface area contributed by atoms with Gasteiger partial charge in [-0.15, -0.1) is 0 Å². The maximum atomic E-state index is 6.15. The molecular weight excluding hydrogens is 287 g/mol. The molecule has 0 aromatic heterocycles. The zero-order chi connectivity index (χ0) is 16.8. The van der Waals surface area contributed by atoms with Gasteiger partial charge in [0.2, 0.25) is 0 Å². The van der Waals surface area contributed by atoms with E-state index >= 15 is 0 Å². The molecule has 2 rings (SSSR count). The van der Waals surface area contributed by atoms with Crippen LogP contribution in [0, 0.1) is 6.92 Å². The maximum absolute atomic E-state index is 6.15. The molecule has 128 valence electrons. The van der Waals surface area contributed by atoms with Crippen LogP contribution in [0.3, 0.4) is 0 Å². The van der Waals surface area contributed by atoms with Crippen molar-refractivity contribution < 1.29 is 4.74 Å². The van der Waals surface area contributed by atoms with E-state index in [0.29, 0.717) is 12.8 Å². The zero-order valence-electron chi connectivity index (χ0n) is 15.0. The van der Waals surface area contributed by atoms with E-state index in [0.717, 1.165) is 31.8 Å². The summed E-state index contributed by atoms with van der Waals surface area (Å²) < 4.78 is 6.15. The van der Waals surface area contributed by atoms with Crippen LogP contribution in [0.1, 0.15) is 11.1 Å². The van der Waals surface area contributed by atoms with Crippen LogP contribution in [0.25, 0.3) is 0 Å². The first kappa shape index (κ1) is 18.3. The molecule has 5 nitrogen and oxygen atoms in total. The highest BCUT2D eigenvalue weighted by atomic mass is 16.5. The highest BCUT2D eigenvalue weighted by Gasteiger charge is 2.30. The molecule has 1 aromatic carbocycles. The van der Waals surface area contributed by atoms with E-state index in [2.05, 4.69) is 48.1 Å². The molecule has 1 unspecified atom stereocenters. The summed E-state index contributed by atoms with van der Waals surface area (Å²) in [6, 6.07) is 6.57. The van der Waals surface area contributed by atoms with Crippen molar-refractivity contribution in [3.63, 3.8) is 0 Å². The average Bonchev–Trinajstić information content (AvgIpc) is 2.51. The van der Waals surface area contributed by atoms with E-state index < -0.39 is 0 Å². The summed E-state index contributed by atoms with van der Waals surface area (Å²) in [4.78, 5) is 4.52. The molecule has 0 saturated carbocycles. The third kappa shape index (κ3) is 4.95. The average molecular weight is 318 g/mol. The first-order valence-corrected chi connectivity index (χ1v) is 8.63. The van der Waals surface area contributed by atoms with Gasteiger partial charge in [-0.1, -0.05) is 18.5 Å². The number of likely N-dealkylation sites (tertiary alicyclic amines) is 1. The van der Waals surface area contributed by atoms with Crippen LogP contribution < -0.4 is 15.8 Å². The first-order chi connectivity index (χ1) is 11.1. The van der Waals surface area contributed by atoms with Crippen molar-refractivity contribution in [3.05, 3.63) is 29.3 Å². The Balaban J connectivity index is 1.79. The monoisotopic (exact) mass is 318 g/mol. The van der Waals surface area contributed by atoms with E-state index in [1.54, 1.807) is 0 Å². The molecular formula is C17H31BN4O. The Morgan fingerprint density at radius 3 is 2.78 bits per heavy atom. The van der Waals surface area contributed by atoms with Gasteiger partial charge in [0.15, 0.2) is 0 Å². The predicted octanol–water partition coefficient (Wildman–Crippen LogP) is 0.0454. The summed E-state index contributed by atoms with van der Waals surface area (Å²) in [7, 11) is 6.23. The third-order valence-corrected chi connectivity index (χ3v) is 4.58. The number of ether oxygens (including phenoxy) is 1. The van der Waals surface area contributed by atoms with E-state index in [1.807, 2.05) is 14.1 Å². The van der Waals surface area contributed by atoms with Gasteiger partial charge in [0.25, 0.3) is 0 Å². The maximum Gasteiger partial charge on any atom is 0.124 e. The molecule has 23 heavy (non-hydrogen) atoms. The molecule has 1 aromatic rings. The van der Waals surface area contributed by atoms with Crippen LogP contribution in [0.2, 0.25) is 6.32 Å². The lowest BCUT2D eigenvalue weighted by atomic mass is 9.96. The van der Waals surface area contributed by atoms with Gasteiger partial charge in [-0.25, -0.2) is 0 Å². The highest BCUT2D eigenvalue weighted by Crippen LogP contribution is 2.24. The topological polar surface area (TPSA) is 53.8 Å². The van der Waals surface area contributed by atoms with Crippen molar-refractivity contribution in [2.24, 2.45) is 5.73 Å². The van der Waals surface area contributed by atoms with Crippen molar-refractivity contribution in [2.45, 2.75) is 31.9 Å². The van der Waals surface area contributed by atoms with Gasteiger partial charge >= 0.3 is 0 Å². The van der Waals surface area contributed by atoms with Crippen LogP contribution in [0.15, 0.2) is 18.2 Å². The number of hydrogen-bond donors (Lipinski definition) is 2. The van der Waals surface area contributed by atoms with Gasteiger partial charge in [0.05, 0.1) is 6.17 Å². The standard InChI is InChI=1S/C17H31BN4O/c1-13-8-14(6-7-18)4-5-16(13)23-15-9-22(10-15)11-17(20-2)21(3)12-19/h4-5,8,15,17,20H,6-7,9-12,18-19H2,1-3H3. The van der Waals surface area contributed by atoms with Crippen LogP contribution in [0.4, 0.5) is 0 Å². The predicted molar refractivity (Wildman–Crippen MR) is 98.8 cm³/mol. The van der Waals surface area contributed by atoms with Gasteiger partial charge < -0.3 is 15.8 Å². The number of hydrogen-bond acceptors (Lipinski definition) is 5. The first-order valence-electron chi connectivity index (χ1n) is 8.63. The smallest absolute Gasteiger partial charge is 0.124 e. The Morgan fingerprint density at radius 2 is 2.22 bits per heavy atom. The minimum Gasteiger partial charge on any atom is -0.487 e. The third-order valence-electron chi connectivity index (χ3n) is 4.58. The van der Waals surface area contributed by atoms with Gasteiger partial charge in [-0.05, 0) is 44.6 Å². The molecule has 0 bridgehead atoms. The molecule has 3 N–H and O–H groups in total. The van der Waals surface area contributed by atoms with Gasteiger partial charge in [0, 0.05) is 26.3 Å². The molecule has 1 aliphatic heterocycles. The second kappa shape index (κ2) is 8.69. The van der Waals surface area contributed by atoms with Crippen molar-refractivity contribution in [3.8, 4) is 5.75 Å². The Labute approximate surface area is 141 Å². The summed E-state index contributed by atoms with van der Waals surface area (Å²) >= 11 is 0. The van der Waals surface area contributed by atoms with Crippen LogP contribution >= 0.6 is 0 Å². The van der Waals surface area contributed by atoms with Crippen molar-refractivity contribution in [2.75, 3.05) is 40.4 Å². The fraction of sp³-hybridized carbons (Fsp3) is 0.647. The quantitative estimate of drug-likeness (QED) is 0.498. The summed E-state index contributed by atoms with van der Waals surface area (Å²) in [6.07, 6.45) is 2.90. The van der Waals surface area contributed by atoms with Gasteiger partial charge in [-0.2, -0.15) is 0 Å². The van der Waals surface area contributed by atoms with Crippen LogP contribution in [-0.2, 0) is 6.42 Å². The SMILES string of the molecule is BCCc1ccc(OC2CN(CC(NC)N(C)CN)C2)c(C)c1. The lowest BCUT2D eigenvalue weighted by Gasteiger charge is -2.42. The Morgan fingerprint density at radius 1 is 1.48 bits per heavy atom. The molecule has 1 saturated heterocycles. The van der Waals surface area contributed by atoms with E-state index in [9.17, 15) is 0 Å². The second-order valence-electron chi connectivity index (χ2n) is 6.55. The Bertz CT molecular complexity index is 493. The number of rotatable bonds is 9. The van der Waals surface area contributed by atoms with Crippen molar-refractivity contribution in [1.29, 1.82) is 0 Å². The van der Waals surface area contributed by atoms with Crippen molar-refractivity contribution >= 4 is 7.85 Å². The molecule has 6 heteroatoms. The summed E-state index contributed by atoms with van der Waals surface area (Å²) in [5.41, 5.74) is 8.34. The Kier molecular flexibility index (Phi) is 6.90. The number of nitrogens with two attached hydrogens (primary N) is 1. The summed E-state index contributed by atoms with van der Waals surface area (Å²) in [5.74, 6) is 1.03. The summed E-state index contributed by atoms with van der Waals surface area (Å²) in [6.45, 7) is 5.62. The van der Waals surface area contributed by atoms with Crippen LogP contribution in [-0.4, -0.2) is 70.3 Å². The number of likely N-dealkylation sites (N-methyl/N-ethyl adjacent to an activating group) is 2. The van der Waals surface area contributed by atoms with E-state index in [1.165, 1.54) is 17.4 Å². The minimum absolute atomic E-state index is 0.288.